The summed E-state index contributed by atoms with van der Waals surface area (Å²) in [6, 6.07) is 11.3. The van der Waals surface area contributed by atoms with Crippen molar-refractivity contribution in [3.8, 4) is 5.75 Å². The summed E-state index contributed by atoms with van der Waals surface area (Å²) in [5, 5.41) is 2.88. The molecule has 1 unspecified atom stereocenters. The third kappa shape index (κ3) is 4.09. The first-order valence-electron chi connectivity index (χ1n) is 10.1. The van der Waals surface area contributed by atoms with E-state index in [1.165, 1.54) is 0 Å². The van der Waals surface area contributed by atoms with Crippen LogP contribution in [0.5, 0.6) is 5.75 Å². The van der Waals surface area contributed by atoms with Crippen LogP contribution in [0, 0.1) is 5.41 Å². The maximum atomic E-state index is 13.3. The van der Waals surface area contributed by atoms with Crippen LogP contribution >= 0.6 is 0 Å². The van der Waals surface area contributed by atoms with Crippen LogP contribution < -0.4 is 10.1 Å². The van der Waals surface area contributed by atoms with Gasteiger partial charge < -0.3 is 24.3 Å². The molecule has 3 heterocycles. The number of nitrogens with one attached hydrogen (secondary N) is 1. The number of carbonyl (C=O) groups excluding carboxylic acids is 2. The zero-order valence-corrected chi connectivity index (χ0v) is 16.7. The number of urea groups is 1. The molecule has 2 aliphatic rings. The maximum absolute atomic E-state index is 13.3. The van der Waals surface area contributed by atoms with E-state index in [0.717, 1.165) is 30.7 Å². The highest BCUT2D eigenvalue weighted by Crippen LogP contribution is 2.40. The number of benzene rings is 1. The van der Waals surface area contributed by atoms with E-state index in [-0.39, 0.29) is 11.9 Å². The largest absolute Gasteiger partial charge is 0.497 e. The Morgan fingerprint density at radius 2 is 2.14 bits per heavy atom. The van der Waals surface area contributed by atoms with Crippen LogP contribution in [0.15, 0.2) is 47.1 Å². The number of likely N-dealkylation sites (tertiary alicyclic amines) is 2. The molecule has 0 bridgehead atoms. The summed E-state index contributed by atoms with van der Waals surface area (Å²) in [7, 11) is 1.64. The van der Waals surface area contributed by atoms with Crippen molar-refractivity contribution in [1.82, 2.24) is 15.1 Å². The first kappa shape index (κ1) is 19.4. The SMILES string of the molecule is COc1cccc(CN2CCCC3(CCN(C(=O)NCc4ccco4)C3)C2=O)c1. The number of piperidine rings is 1. The van der Waals surface area contributed by atoms with Crippen molar-refractivity contribution in [2.24, 2.45) is 5.41 Å². The van der Waals surface area contributed by atoms with Gasteiger partial charge in [-0.15, -0.1) is 0 Å². The lowest BCUT2D eigenvalue weighted by molar-refractivity contribution is -0.146. The van der Waals surface area contributed by atoms with Gasteiger partial charge in [0.2, 0.25) is 5.91 Å². The Balaban J connectivity index is 1.38. The molecule has 2 fully saturated rings. The molecule has 154 valence electrons. The van der Waals surface area contributed by atoms with E-state index in [0.29, 0.717) is 38.4 Å². The molecule has 7 heteroatoms. The van der Waals surface area contributed by atoms with E-state index in [1.807, 2.05) is 35.2 Å². The van der Waals surface area contributed by atoms with Crippen LogP contribution in [0.2, 0.25) is 0 Å². The second-order valence-corrected chi connectivity index (χ2v) is 7.87. The maximum Gasteiger partial charge on any atom is 0.317 e. The lowest BCUT2D eigenvalue weighted by atomic mass is 9.78. The Hall–Kier alpha value is -2.96. The number of hydrogen-bond acceptors (Lipinski definition) is 4. The Morgan fingerprint density at radius 3 is 2.93 bits per heavy atom. The fraction of sp³-hybridized carbons (Fsp3) is 0.455. The van der Waals surface area contributed by atoms with Crippen molar-refractivity contribution < 1.29 is 18.7 Å². The number of furan rings is 1. The molecule has 0 aliphatic carbocycles. The molecule has 2 aromatic rings. The number of carbonyl (C=O) groups is 2. The lowest BCUT2D eigenvalue weighted by Gasteiger charge is -2.39. The quantitative estimate of drug-likeness (QED) is 0.842. The minimum Gasteiger partial charge on any atom is -0.497 e. The van der Waals surface area contributed by atoms with E-state index in [1.54, 1.807) is 24.3 Å². The highest BCUT2D eigenvalue weighted by molar-refractivity contribution is 5.85. The van der Waals surface area contributed by atoms with Gasteiger partial charge in [0.15, 0.2) is 0 Å². The zero-order valence-electron chi connectivity index (χ0n) is 16.7. The summed E-state index contributed by atoms with van der Waals surface area (Å²) in [4.78, 5) is 29.6. The van der Waals surface area contributed by atoms with Crippen LogP contribution in [0.1, 0.15) is 30.6 Å². The third-order valence-electron chi connectivity index (χ3n) is 5.97. The minimum atomic E-state index is -0.459. The Bertz CT molecular complexity index is 867. The van der Waals surface area contributed by atoms with Gasteiger partial charge in [0.1, 0.15) is 11.5 Å². The van der Waals surface area contributed by atoms with Gasteiger partial charge in [-0.05, 0) is 49.1 Å². The summed E-state index contributed by atoms with van der Waals surface area (Å²) in [6.07, 6.45) is 4.10. The normalized spacial score (nSPS) is 21.6. The number of hydrogen-bond donors (Lipinski definition) is 1. The smallest absolute Gasteiger partial charge is 0.317 e. The van der Waals surface area contributed by atoms with Crippen molar-refractivity contribution in [3.63, 3.8) is 0 Å². The molecule has 7 nitrogen and oxygen atoms in total. The van der Waals surface area contributed by atoms with Crippen LogP contribution in [-0.4, -0.2) is 48.5 Å². The number of nitrogens with zero attached hydrogens (tertiary/aromatic N) is 2. The van der Waals surface area contributed by atoms with Gasteiger partial charge in [-0.3, -0.25) is 4.79 Å². The molecular formula is C22H27N3O4. The average molecular weight is 397 g/mol. The molecule has 29 heavy (non-hydrogen) atoms. The fourth-order valence-corrected chi connectivity index (χ4v) is 4.41. The first-order valence-corrected chi connectivity index (χ1v) is 10.1. The van der Waals surface area contributed by atoms with Gasteiger partial charge in [-0.25, -0.2) is 4.79 Å². The predicted octanol–water partition coefficient (Wildman–Crippen LogP) is 3.01. The van der Waals surface area contributed by atoms with E-state index in [9.17, 15) is 9.59 Å². The molecule has 4 rings (SSSR count). The molecule has 1 spiro atoms. The van der Waals surface area contributed by atoms with Crippen molar-refractivity contribution in [3.05, 3.63) is 54.0 Å². The van der Waals surface area contributed by atoms with Crippen LogP contribution in [0.3, 0.4) is 0 Å². The predicted molar refractivity (Wildman–Crippen MR) is 107 cm³/mol. The van der Waals surface area contributed by atoms with Gasteiger partial charge in [0.25, 0.3) is 0 Å². The average Bonchev–Trinajstić information content (AvgIpc) is 3.41. The van der Waals surface area contributed by atoms with E-state index in [4.69, 9.17) is 9.15 Å². The Morgan fingerprint density at radius 1 is 1.24 bits per heavy atom. The highest BCUT2D eigenvalue weighted by atomic mass is 16.5. The molecule has 1 N–H and O–H groups in total. The molecule has 0 saturated carbocycles. The zero-order chi connectivity index (χ0) is 20.3. The Kier molecular flexibility index (Phi) is 5.47. The van der Waals surface area contributed by atoms with E-state index < -0.39 is 5.41 Å². The van der Waals surface area contributed by atoms with Gasteiger partial charge in [-0.1, -0.05) is 12.1 Å². The second kappa shape index (κ2) is 8.19. The van der Waals surface area contributed by atoms with Crippen molar-refractivity contribution in [1.29, 1.82) is 0 Å². The first-order chi connectivity index (χ1) is 14.1. The molecule has 2 saturated heterocycles. The topological polar surface area (TPSA) is 75.0 Å². The van der Waals surface area contributed by atoms with E-state index >= 15 is 0 Å². The minimum absolute atomic E-state index is 0.143. The number of methoxy groups -OCH3 is 1. The van der Waals surface area contributed by atoms with Crippen LogP contribution in [0.25, 0.3) is 0 Å². The number of amides is 3. The third-order valence-corrected chi connectivity index (χ3v) is 5.97. The molecule has 3 amide bonds. The summed E-state index contributed by atoms with van der Waals surface area (Å²) >= 11 is 0. The van der Waals surface area contributed by atoms with Crippen molar-refractivity contribution in [2.45, 2.75) is 32.4 Å². The van der Waals surface area contributed by atoms with Gasteiger partial charge >= 0.3 is 6.03 Å². The second-order valence-electron chi connectivity index (χ2n) is 7.87. The van der Waals surface area contributed by atoms with Gasteiger partial charge in [-0.2, -0.15) is 0 Å². The molecule has 2 aliphatic heterocycles. The molecule has 1 aromatic heterocycles. The van der Waals surface area contributed by atoms with Gasteiger partial charge in [0, 0.05) is 26.2 Å². The fourth-order valence-electron chi connectivity index (χ4n) is 4.41. The number of ether oxygens (including phenoxy) is 1. The molecular weight excluding hydrogens is 370 g/mol. The monoisotopic (exact) mass is 397 g/mol. The summed E-state index contributed by atoms with van der Waals surface area (Å²) in [6.45, 7) is 2.75. The van der Waals surface area contributed by atoms with E-state index in [2.05, 4.69) is 5.32 Å². The van der Waals surface area contributed by atoms with Crippen molar-refractivity contribution >= 4 is 11.9 Å². The van der Waals surface area contributed by atoms with Gasteiger partial charge in [0.05, 0.1) is 25.3 Å². The number of rotatable bonds is 5. The molecule has 1 aromatic carbocycles. The summed E-state index contributed by atoms with van der Waals surface area (Å²) in [5.41, 5.74) is 0.597. The van der Waals surface area contributed by atoms with Crippen molar-refractivity contribution in [2.75, 3.05) is 26.7 Å². The van der Waals surface area contributed by atoms with Crippen LogP contribution in [0.4, 0.5) is 4.79 Å². The van der Waals surface area contributed by atoms with Crippen LogP contribution in [-0.2, 0) is 17.9 Å². The molecule has 0 radical (unpaired) electrons. The highest BCUT2D eigenvalue weighted by Gasteiger charge is 2.49. The summed E-state index contributed by atoms with van der Waals surface area (Å²) < 4.78 is 10.6. The summed E-state index contributed by atoms with van der Waals surface area (Å²) in [5.74, 6) is 1.67. The lowest BCUT2D eigenvalue weighted by Crippen LogP contribution is -2.50. The Labute approximate surface area is 170 Å². The molecule has 1 atom stereocenters. The standard InChI is InChI=1S/C22H27N3O4/c1-28-18-6-2-5-17(13-18)15-24-10-4-8-22(20(24)26)9-11-25(16-22)21(27)23-14-19-7-3-12-29-19/h2-3,5-7,12-13H,4,8-11,14-16H2,1H3,(H,23,27).